The fraction of sp³-hybridized carbons (Fsp3) is 0.269. The molecular formula is C26H26BrCl2N3O3S. The maximum atomic E-state index is 13.1. The van der Waals surface area contributed by atoms with Gasteiger partial charge in [-0.05, 0) is 42.2 Å². The van der Waals surface area contributed by atoms with Gasteiger partial charge in [0.1, 0.15) is 4.90 Å². The molecule has 1 fully saturated rings. The third-order valence-electron chi connectivity index (χ3n) is 6.06. The molecule has 1 atom stereocenters. The van der Waals surface area contributed by atoms with Crippen LogP contribution < -0.4 is 5.32 Å². The fourth-order valence-corrected chi connectivity index (χ4v) is 7.51. The molecule has 1 aliphatic heterocycles. The van der Waals surface area contributed by atoms with Crippen molar-refractivity contribution >= 4 is 55.2 Å². The molecule has 36 heavy (non-hydrogen) atoms. The zero-order chi connectivity index (χ0) is 25.9. The van der Waals surface area contributed by atoms with Crippen LogP contribution in [0.15, 0.2) is 76.1 Å². The summed E-state index contributed by atoms with van der Waals surface area (Å²) in [5.74, 6) is 0. The number of urea groups is 1. The van der Waals surface area contributed by atoms with E-state index in [1.54, 1.807) is 4.90 Å². The third-order valence-corrected chi connectivity index (χ3v) is 9.34. The predicted molar refractivity (Wildman–Crippen MR) is 148 cm³/mol. The number of sulfonamides is 1. The van der Waals surface area contributed by atoms with E-state index >= 15 is 0 Å². The van der Waals surface area contributed by atoms with Crippen molar-refractivity contribution in [2.45, 2.75) is 24.3 Å². The Bertz CT molecular complexity index is 1310. The summed E-state index contributed by atoms with van der Waals surface area (Å²) >= 11 is 15.6. The Balaban J connectivity index is 1.31. The van der Waals surface area contributed by atoms with Crippen molar-refractivity contribution in [3.05, 3.63) is 86.8 Å². The van der Waals surface area contributed by atoms with E-state index in [4.69, 9.17) is 23.2 Å². The number of nitrogens with zero attached hydrogens (tertiary/aromatic N) is 2. The number of hydrogen-bond donors (Lipinski definition) is 1. The van der Waals surface area contributed by atoms with E-state index < -0.39 is 10.0 Å². The molecule has 1 saturated heterocycles. The van der Waals surface area contributed by atoms with E-state index in [9.17, 15) is 13.2 Å². The summed E-state index contributed by atoms with van der Waals surface area (Å²) in [7, 11) is -3.89. The number of hydrogen-bond acceptors (Lipinski definition) is 3. The van der Waals surface area contributed by atoms with Crippen LogP contribution in [0.2, 0.25) is 10.0 Å². The summed E-state index contributed by atoms with van der Waals surface area (Å²) in [5.41, 5.74) is 3.44. The summed E-state index contributed by atoms with van der Waals surface area (Å²) in [6, 6.07) is 21.2. The molecule has 6 nitrogen and oxygen atoms in total. The first-order valence-corrected chi connectivity index (χ1v) is 14.5. The van der Waals surface area contributed by atoms with Crippen LogP contribution in [0.1, 0.15) is 12.5 Å². The molecule has 3 aromatic carbocycles. The third kappa shape index (κ3) is 6.23. The molecular weight excluding hydrogens is 585 g/mol. The van der Waals surface area contributed by atoms with Gasteiger partial charge in [-0.15, -0.1) is 0 Å². The number of rotatable bonds is 6. The molecule has 1 aliphatic rings. The Morgan fingerprint density at radius 2 is 1.50 bits per heavy atom. The van der Waals surface area contributed by atoms with Crippen molar-refractivity contribution in [3.8, 4) is 11.1 Å². The number of nitrogens with one attached hydrogen (secondary N) is 1. The van der Waals surface area contributed by atoms with Crippen LogP contribution in [0.25, 0.3) is 11.1 Å². The van der Waals surface area contributed by atoms with Crippen molar-refractivity contribution < 1.29 is 13.2 Å². The normalized spacial score (nSPS) is 15.5. The summed E-state index contributed by atoms with van der Waals surface area (Å²) in [6.07, 6.45) is 0.690. The molecule has 1 unspecified atom stereocenters. The van der Waals surface area contributed by atoms with Gasteiger partial charge in [0.05, 0.1) is 10.0 Å². The maximum Gasteiger partial charge on any atom is 0.317 e. The van der Waals surface area contributed by atoms with Gasteiger partial charge in [-0.25, -0.2) is 13.2 Å². The molecule has 190 valence electrons. The van der Waals surface area contributed by atoms with E-state index in [2.05, 4.69) is 57.6 Å². The highest BCUT2D eigenvalue weighted by molar-refractivity contribution is 9.10. The van der Waals surface area contributed by atoms with E-state index in [-0.39, 0.29) is 53.2 Å². The molecule has 4 rings (SSSR count). The number of halogens is 3. The highest BCUT2D eigenvalue weighted by Gasteiger charge is 2.33. The average molecular weight is 611 g/mol. The average Bonchev–Trinajstić information content (AvgIpc) is 2.84. The number of amides is 2. The molecule has 0 radical (unpaired) electrons. The summed E-state index contributed by atoms with van der Waals surface area (Å²) in [6.45, 7) is 2.83. The first kappa shape index (κ1) is 26.9. The predicted octanol–water partition coefficient (Wildman–Crippen LogP) is 6.07. The van der Waals surface area contributed by atoms with Gasteiger partial charge >= 0.3 is 6.03 Å². The highest BCUT2D eigenvalue weighted by atomic mass is 79.9. The molecule has 3 aromatic rings. The Morgan fingerprint density at radius 3 is 2.08 bits per heavy atom. The molecule has 0 aliphatic carbocycles. The molecule has 1 N–H and O–H groups in total. The van der Waals surface area contributed by atoms with Gasteiger partial charge in [-0.2, -0.15) is 4.31 Å². The van der Waals surface area contributed by atoms with Gasteiger partial charge in [0, 0.05) is 36.7 Å². The van der Waals surface area contributed by atoms with E-state index in [1.165, 1.54) is 16.4 Å². The van der Waals surface area contributed by atoms with Gasteiger partial charge in [-0.1, -0.05) is 93.7 Å². The van der Waals surface area contributed by atoms with Crippen LogP contribution in [0.4, 0.5) is 4.79 Å². The van der Waals surface area contributed by atoms with Crippen molar-refractivity contribution in [1.29, 1.82) is 0 Å². The summed E-state index contributed by atoms with van der Waals surface area (Å²) in [5, 5.41) is 3.14. The largest absolute Gasteiger partial charge is 0.335 e. The quantitative estimate of drug-likeness (QED) is 0.368. The Morgan fingerprint density at radius 1 is 0.944 bits per heavy atom. The lowest BCUT2D eigenvalue weighted by atomic mass is 10.0. The summed E-state index contributed by atoms with van der Waals surface area (Å²) in [4.78, 5) is 14.3. The van der Waals surface area contributed by atoms with Crippen molar-refractivity contribution in [2.75, 3.05) is 26.2 Å². The molecule has 0 bridgehead atoms. The maximum absolute atomic E-state index is 13.1. The van der Waals surface area contributed by atoms with Crippen LogP contribution in [-0.2, 0) is 16.4 Å². The minimum Gasteiger partial charge on any atom is -0.335 e. The Kier molecular flexibility index (Phi) is 8.63. The minimum atomic E-state index is -3.89. The van der Waals surface area contributed by atoms with Crippen LogP contribution in [-0.4, -0.2) is 55.9 Å². The molecule has 2 amide bonds. The van der Waals surface area contributed by atoms with Crippen molar-refractivity contribution in [2.24, 2.45) is 0 Å². The lowest BCUT2D eigenvalue weighted by molar-refractivity contribution is 0.169. The zero-order valence-corrected chi connectivity index (χ0v) is 23.5. The van der Waals surface area contributed by atoms with Gasteiger partial charge in [-0.3, -0.25) is 0 Å². The van der Waals surface area contributed by atoms with Gasteiger partial charge < -0.3 is 10.2 Å². The monoisotopic (exact) mass is 609 g/mol. The molecule has 0 spiro atoms. The molecule has 1 heterocycles. The van der Waals surface area contributed by atoms with E-state index in [0.717, 1.165) is 16.7 Å². The van der Waals surface area contributed by atoms with Gasteiger partial charge in [0.2, 0.25) is 10.0 Å². The lowest BCUT2D eigenvalue weighted by Crippen LogP contribution is -2.54. The van der Waals surface area contributed by atoms with Crippen LogP contribution in [0, 0.1) is 0 Å². The molecule has 10 heteroatoms. The van der Waals surface area contributed by atoms with Crippen molar-refractivity contribution in [3.63, 3.8) is 0 Å². The molecule has 0 aromatic heterocycles. The van der Waals surface area contributed by atoms with Crippen molar-refractivity contribution in [1.82, 2.24) is 14.5 Å². The fourth-order valence-electron chi connectivity index (χ4n) is 4.21. The highest BCUT2D eigenvalue weighted by Crippen LogP contribution is 2.35. The first-order valence-electron chi connectivity index (χ1n) is 11.5. The second kappa shape index (κ2) is 11.5. The van der Waals surface area contributed by atoms with E-state index in [1.807, 2.05) is 25.1 Å². The van der Waals surface area contributed by atoms with Crippen LogP contribution in [0.3, 0.4) is 0 Å². The van der Waals surface area contributed by atoms with Crippen LogP contribution in [0.5, 0.6) is 0 Å². The second-order valence-corrected chi connectivity index (χ2v) is 12.3. The Hall–Kier alpha value is -2.10. The smallest absolute Gasteiger partial charge is 0.317 e. The van der Waals surface area contributed by atoms with E-state index in [0.29, 0.717) is 10.9 Å². The lowest BCUT2D eigenvalue weighted by Gasteiger charge is -2.34. The number of piperazine rings is 1. The SMILES string of the molecule is CC(Cc1ccc(-c2ccccc2)cc1)NC(=O)N1CCN(S(=O)(=O)c2c(Cl)cc(Br)cc2Cl)CC1. The second-order valence-electron chi connectivity index (χ2n) is 8.71. The Labute approximate surface area is 230 Å². The van der Waals surface area contributed by atoms with Gasteiger partial charge in [0.25, 0.3) is 0 Å². The minimum absolute atomic E-state index is 0.0557. The van der Waals surface area contributed by atoms with Crippen LogP contribution >= 0.6 is 39.1 Å². The topological polar surface area (TPSA) is 69.7 Å². The number of carbonyl (C=O) groups is 1. The molecule has 0 saturated carbocycles. The zero-order valence-electron chi connectivity index (χ0n) is 19.6. The number of carbonyl (C=O) groups excluding carboxylic acids is 1. The van der Waals surface area contributed by atoms with Gasteiger partial charge in [0.15, 0.2) is 0 Å². The number of benzene rings is 3. The standard InChI is InChI=1S/C26H26BrCl2N3O3S/c1-18(15-19-7-9-21(10-8-19)20-5-3-2-4-6-20)30-26(33)31-11-13-32(14-12-31)36(34,35)25-23(28)16-22(27)17-24(25)29/h2-10,16-18H,11-15H2,1H3,(H,30,33). The summed E-state index contributed by atoms with van der Waals surface area (Å²) < 4.78 is 28.2. The first-order chi connectivity index (χ1) is 17.1.